The lowest BCUT2D eigenvalue weighted by Crippen LogP contribution is -2.99. The SMILES string of the molecule is C=C1c2[nH]c3c([NH+]([O-])O)c(OC)ccc3c2CCN1C(C)=O. The number of nitrogens with one attached hydrogen (secondary N) is 2. The molecule has 3 N–H and O–H groups in total. The molecule has 1 aromatic heterocycles. The smallest absolute Gasteiger partial charge is 0.230 e. The summed E-state index contributed by atoms with van der Waals surface area (Å²) >= 11 is 0. The van der Waals surface area contributed by atoms with E-state index in [1.807, 2.05) is 6.07 Å². The fourth-order valence-electron chi connectivity index (χ4n) is 3.03. The summed E-state index contributed by atoms with van der Waals surface area (Å²) in [6.45, 7) is 6.00. The van der Waals surface area contributed by atoms with Crippen LogP contribution in [0, 0.1) is 5.21 Å². The summed E-state index contributed by atoms with van der Waals surface area (Å²) in [4.78, 5) is 16.4. The maximum atomic E-state index is 11.6. The number of carbonyl (C=O) groups excluding carboxylic acids is 1. The summed E-state index contributed by atoms with van der Waals surface area (Å²) in [5.74, 6) is 0.220. The van der Waals surface area contributed by atoms with Gasteiger partial charge in [0.1, 0.15) is 5.52 Å². The minimum Gasteiger partial charge on any atom is -0.595 e. The minimum absolute atomic E-state index is 0.0784. The summed E-state index contributed by atoms with van der Waals surface area (Å²) in [7, 11) is 1.44. The van der Waals surface area contributed by atoms with Crippen LogP contribution in [0.1, 0.15) is 18.2 Å². The average Bonchev–Trinajstić information content (AvgIpc) is 2.85. The van der Waals surface area contributed by atoms with E-state index >= 15 is 0 Å². The number of quaternary nitrogens is 1. The van der Waals surface area contributed by atoms with Gasteiger partial charge in [0, 0.05) is 18.9 Å². The highest BCUT2D eigenvalue weighted by molar-refractivity contribution is 5.98. The maximum Gasteiger partial charge on any atom is 0.230 e. The molecule has 1 atom stereocenters. The Morgan fingerprint density at radius 2 is 2.27 bits per heavy atom. The first-order chi connectivity index (χ1) is 10.5. The van der Waals surface area contributed by atoms with Gasteiger partial charge in [0.25, 0.3) is 0 Å². The van der Waals surface area contributed by atoms with Gasteiger partial charge in [-0.3, -0.25) is 4.79 Å². The summed E-state index contributed by atoms with van der Waals surface area (Å²) in [6.07, 6.45) is 0.652. The van der Waals surface area contributed by atoms with Gasteiger partial charge in [-0.05, 0) is 24.1 Å². The largest absolute Gasteiger partial charge is 0.595 e. The van der Waals surface area contributed by atoms with Gasteiger partial charge in [0.05, 0.1) is 18.5 Å². The number of methoxy groups -OCH3 is 1. The van der Waals surface area contributed by atoms with Crippen molar-refractivity contribution in [3.05, 3.63) is 35.2 Å². The van der Waals surface area contributed by atoms with Crippen LogP contribution in [0.3, 0.4) is 0 Å². The molecule has 2 aromatic rings. The highest BCUT2D eigenvalue weighted by Gasteiger charge is 2.28. The molecule has 116 valence electrons. The zero-order valence-corrected chi connectivity index (χ0v) is 12.4. The van der Waals surface area contributed by atoms with E-state index in [4.69, 9.17) is 4.74 Å². The van der Waals surface area contributed by atoms with Crippen LogP contribution in [0.4, 0.5) is 5.69 Å². The van der Waals surface area contributed by atoms with Crippen LogP contribution < -0.4 is 9.96 Å². The molecule has 0 saturated heterocycles. The van der Waals surface area contributed by atoms with Crippen LogP contribution in [0.25, 0.3) is 16.6 Å². The van der Waals surface area contributed by atoms with Gasteiger partial charge < -0.3 is 19.8 Å². The summed E-state index contributed by atoms with van der Waals surface area (Å²) in [5, 5.41) is 20.8. The molecule has 0 spiro atoms. The molecule has 0 aliphatic carbocycles. The van der Waals surface area contributed by atoms with E-state index in [1.54, 1.807) is 11.0 Å². The van der Waals surface area contributed by atoms with E-state index in [0.717, 1.165) is 10.9 Å². The molecular weight excluding hydrogens is 286 g/mol. The number of aromatic amines is 1. The van der Waals surface area contributed by atoms with Crippen LogP contribution in [-0.4, -0.2) is 34.7 Å². The molecule has 1 aliphatic rings. The second-order valence-corrected chi connectivity index (χ2v) is 5.22. The number of aromatic nitrogens is 1. The van der Waals surface area contributed by atoms with Gasteiger partial charge in [-0.25, -0.2) is 5.21 Å². The van der Waals surface area contributed by atoms with Crippen LogP contribution in [0.15, 0.2) is 18.7 Å². The Morgan fingerprint density at radius 3 is 2.86 bits per heavy atom. The fourth-order valence-corrected chi connectivity index (χ4v) is 3.03. The molecule has 1 aliphatic heterocycles. The number of hydrogen-bond acceptors (Lipinski definition) is 4. The Hall–Kier alpha value is -2.35. The van der Waals surface area contributed by atoms with Crippen LogP contribution >= 0.6 is 0 Å². The third kappa shape index (κ3) is 1.98. The molecule has 0 saturated carbocycles. The average molecular weight is 303 g/mol. The van der Waals surface area contributed by atoms with Gasteiger partial charge >= 0.3 is 0 Å². The molecule has 3 rings (SSSR count). The number of fused-ring (bicyclic) bond motifs is 3. The van der Waals surface area contributed by atoms with E-state index in [9.17, 15) is 15.2 Å². The van der Waals surface area contributed by atoms with Crippen LogP contribution in [0.5, 0.6) is 5.75 Å². The van der Waals surface area contributed by atoms with Crippen molar-refractivity contribution in [1.82, 2.24) is 9.88 Å². The van der Waals surface area contributed by atoms with Gasteiger partial charge in [-0.15, -0.1) is 0 Å². The Labute approximate surface area is 126 Å². The lowest BCUT2D eigenvalue weighted by atomic mass is 10.0. The van der Waals surface area contributed by atoms with E-state index < -0.39 is 5.23 Å². The van der Waals surface area contributed by atoms with Gasteiger partial charge in [0.2, 0.25) is 11.6 Å². The Balaban J connectivity index is 2.25. The molecule has 1 aromatic carbocycles. The second kappa shape index (κ2) is 5.13. The first-order valence-electron chi connectivity index (χ1n) is 6.88. The number of carbonyl (C=O) groups is 1. The molecule has 1 amide bonds. The number of rotatable bonds is 2. The maximum absolute atomic E-state index is 11.6. The van der Waals surface area contributed by atoms with E-state index in [1.165, 1.54) is 14.0 Å². The minimum atomic E-state index is -1.06. The second-order valence-electron chi connectivity index (χ2n) is 5.22. The Kier molecular flexibility index (Phi) is 3.40. The molecular formula is C15H17N3O4. The van der Waals surface area contributed by atoms with Crippen molar-refractivity contribution in [2.75, 3.05) is 13.7 Å². The number of hydrogen-bond donors (Lipinski definition) is 3. The molecule has 7 nitrogen and oxygen atoms in total. The van der Waals surface area contributed by atoms with Crippen molar-refractivity contribution in [3.8, 4) is 5.75 Å². The predicted molar refractivity (Wildman–Crippen MR) is 80.8 cm³/mol. The van der Waals surface area contributed by atoms with E-state index in [0.29, 0.717) is 35.6 Å². The normalized spacial score (nSPS) is 15.8. The van der Waals surface area contributed by atoms with Crippen LogP contribution in [0.2, 0.25) is 0 Å². The number of nitrogens with zero attached hydrogens (tertiary/aromatic N) is 1. The number of amides is 1. The van der Waals surface area contributed by atoms with Gasteiger partial charge in [0.15, 0.2) is 5.75 Å². The lowest BCUT2D eigenvalue weighted by Gasteiger charge is -2.28. The van der Waals surface area contributed by atoms with E-state index in [-0.39, 0.29) is 11.6 Å². The quantitative estimate of drug-likeness (QED) is 0.720. The van der Waals surface area contributed by atoms with Crippen molar-refractivity contribution in [2.45, 2.75) is 13.3 Å². The summed E-state index contributed by atoms with van der Waals surface area (Å²) in [5.41, 5.74) is 2.87. The predicted octanol–water partition coefficient (Wildman–Crippen LogP) is 0.955. The third-order valence-corrected chi connectivity index (χ3v) is 4.06. The highest BCUT2D eigenvalue weighted by Crippen LogP contribution is 2.38. The van der Waals surface area contributed by atoms with E-state index in [2.05, 4.69) is 11.6 Å². The molecule has 2 heterocycles. The molecule has 0 fully saturated rings. The first kappa shape index (κ1) is 14.6. The molecule has 1 unspecified atom stereocenters. The number of H-pyrrole nitrogens is 1. The topological polar surface area (TPSA) is 93.1 Å². The van der Waals surface area contributed by atoms with Crippen molar-refractivity contribution in [3.63, 3.8) is 0 Å². The zero-order chi connectivity index (χ0) is 16.0. The Morgan fingerprint density at radius 1 is 1.55 bits per heavy atom. The fraction of sp³-hybridized carbons (Fsp3) is 0.267. The Bertz CT molecular complexity index is 779. The van der Waals surface area contributed by atoms with Crippen LogP contribution in [-0.2, 0) is 11.2 Å². The zero-order valence-electron chi connectivity index (χ0n) is 12.4. The number of benzene rings is 1. The first-order valence-corrected chi connectivity index (χ1v) is 6.88. The molecule has 0 bridgehead atoms. The summed E-state index contributed by atoms with van der Waals surface area (Å²) in [6, 6.07) is 3.49. The molecule has 0 radical (unpaired) electrons. The van der Waals surface area contributed by atoms with Gasteiger partial charge in [-0.1, -0.05) is 6.58 Å². The molecule has 22 heavy (non-hydrogen) atoms. The lowest BCUT2D eigenvalue weighted by molar-refractivity contribution is -0.990. The van der Waals surface area contributed by atoms with Crippen molar-refractivity contribution < 1.29 is 20.0 Å². The highest BCUT2D eigenvalue weighted by atomic mass is 16.8. The van der Waals surface area contributed by atoms with Crippen molar-refractivity contribution in [1.29, 1.82) is 0 Å². The number of ether oxygens (including phenoxy) is 1. The van der Waals surface area contributed by atoms with Crippen molar-refractivity contribution >= 4 is 28.2 Å². The van der Waals surface area contributed by atoms with Crippen molar-refractivity contribution in [2.24, 2.45) is 0 Å². The monoisotopic (exact) mass is 303 g/mol. The molecule has 7 heteroatoms. The third-order valence-electron chi connectivity index (χ3n) is 4.06. The van der Waals surface area contributed by atoms with Gasteiger partial charge in [-0.2, -0.15) is 5.23 Å². The standard InChI is InChI=1S/C15H17N3O4/c1-8-13-11(6-7-17(8)9(2)19)10-4-5-12(22-3)15(18(20)21)14(10)16-13/h4-5,16,18,20H,1,6-7H2,2-3H3. The summed E-state index contributed by atoms with van der Waals surface area (Å²) < 4.78 is 5.15.